The van der Waals surface area contributed by atoms with Gasteiger partial charge in [-0.2, -0.15) is 5.10 Å². The molecule has 0 radical (unpaired) electrons. The number of hydrogen-bond donors (Lipinski definition) is 4. The summed E-state index contributed by atoms with van der Waals surface area (Å²) in [6.07, 6.45) is 0. The molecule has 106 valence electrons. The maximum absolute atomic E-state index is 12.3. The van der Waals surface area contributed by atoms with Crippen LogP contribution < -0.4 is 11.1 Å². The van der Waals surface area contributed by atoms with Gasteiger partial charge in [0.25, 0.3) is 5.91 Å². The number of nitrogen functional groups attached to an aromatic ring is 1. The topological polar surface area (TPSA) is 104 Å². The van der Waals surface area contributed by atoms with Crippen molar-refractivity contribution >= 4 is 28.2 Å². The van der Waals surface area contributed by atoms with E-state index < -0.39 is 5.91 Å². The molecule has 1 heterocycles. The van der Waals surface area contributed by atoms with Crippen LogP contribution in [0.4, 0.5) is 11.5 Å². The fraction of sp³-hybridized carbons (Fsp3) is 0.0667. The second kappa shape index (κ2) is 4.82. The van der Waals surface area contributed by atoms with Gasteiger partial charge in [0.1, 0.15) is 5.75 Å². The molecule has 0 saturated heterocycles. The minimum Gasteiger partial charge on any atom is -0.506 e. The van der Waals surface area contributed by atoms with Crippen molar-refractivity contribution in [3.05, 3.63) is 47.7 Å². The van der Waals surface area contributed by atoms with E-state index in [0.29, 0.717) is 16.8 Å². The van der Waals surface area contributed by atoms with Crippen LogP contribution in [0.25, 0.3) is 10.8 Å². The Morgan fingerprint density at radius 2 is 2.05 bits per heavy atom. The molecule has 1 aromatic heterocycles. The number of nitrogens with zero attached hydrogens (tertiary/aromatic N) is 1. The molecule has 6 nitrogen and oxygen atoms in total. The van der Waals surface area contributed by atoms with Crippen molar-refractivity contribution in [1.29, 1.82) is 0 Å². The number of anilines is 2. The van der Waals surface area contributed by atoms with E-state index in [2.05, 4.69) is 15.5 Å². The SMILES string of the molecule is Cc1[nH]nc(NC(=O)c2ccc3ccccc3c2O)c1N. The average Bonchev–Trinajstić information content (AvgIpc) is 2.80. The summed E-state index contributed by atoms with van der Waals surface area (Å²) in [5.41, 5.74) is 7.01. The van der Waals surface area contributed by atoms with E-state index in [1.54, 1.807) is 31.2 Å². The molecule has 0 atom stereocenters. The second-order valence-corrected chi connectivity index (χ2v) is 4.75. The van der Waals surface area contributed by atoms with E-state index in [4.69, 9.17) is 5.73 Å². The quantitative estimate of drug-likeness (QED) is 0.579. The summed E-state index contributed by atoms with van der Waals surface area (Å²) < 4.78 is 0. The number of aromatic amines is 1. The first-order valence-electron chi connectivity index (χ1n) is 6.40. The third-order valence-corrected chi connectivity index (χ3v) is 3.37. The molecule has 0 fully saturated rings. The molecule has 5 N–H and O–H groups in total. The first-order chi connectivity index (χ1) is 10.1. The summed E-state index contributed by atoms with van der Waals surface area (Å²) in [6, 6.07) is 10.7. The van der Waals surface area contributed by atoms with Gasteiger partial charge in [-0.05, 0) is 18.4 Å². The van der Waals surface area contributed by atoms with Crippen LogP contribution in [0.1, 0.15) is 16.1 Å². The van der Waals surface area contributed by atoms with Crippen LogP contribution in [0, 0.1) is 6.92 Å². The molecule has 1 amide bonds. The molecule has 21 heavy (non-hydrogen) atoms. The van der Waals surface area contributed by atoms with Gasteiger partial charge in [-0.1, -0.05) is 30.3 Å². The number of H-pyrrole nitrogens is 1. The van der Waals surface area contributed by atoms with Gasteiger partial charge in [0.15, 0.2) is 5.82 Å². The fourth-order valence-corrected chi connectivity index (χ4v) is 2.15. The van der Waals surface area contributed by atoms with Crippen LogP contribution in [0.3, 0.4) is 0 Å². The van der Waals surface area contributed by atoms with E-state index in [9.17, 15) is 9.90 Å². The van der Waals surface area contributed by atoms with Gasteiger partial charge in [-0.15, -0.1) is 0 Å². The van der Waals surface area contributed by atoms with Gasteiger partial charge in [0.2, 0.25) is 0 Å². The standard InChI is InChI=1S/C15H14N4O2/c1-8-12(16)14(19-18-8)17-15(21)11-7-6-9-4-2-3-5-10(9)13(11)20/h2-7,20H,16H2,1H3,(H2,17,18,19,21). The summed E-state index contributed by atoms with van der Waals surface area (Å²) in [7, 11) is 0. The minimum absolute atomic E-state index is 0.0589. The van der Waals surface area contributed by atoms with Crippen molar-refractivity contribution in [1.82, 2.24) is 10.2 Å². The van der Waals surface area contributed by atoms with Gasteiger partial charge in [-0.25, -0.2) is 0 Å². The Labute approximate surface area is 120 Å². The number of phenolic OH excluding ortho intramolecular Hbond substituents is 1. The minimum atomic E-state index is -0.462. The van der Waals surface area contributed by atoms with Crippen molar-refractivity contribution in [2.75, 3.05) is 11.1 Å². The first-order valence-corrected chi connectivity index (χ1v) is 6.40. The van der Waals surface area contributed by atoms with Gasteiger partial charge >= 0.3 is 0 Å². The summed E-state index contributed by atoms with van der Waals surface area (Å²) in [5.74, 6) is -0.266. The van der Waals surface area contributed by atoms with Gasteiger partial charge in [0.05, 0.1) is 16.9 Å². The maximum atomic E-state index is 12.3. The number of carbonyl (C=O) groups is 1. The normalized spacial score (nSPS) is 10.7. The van der Waals surface area contributed by atoms with Crippen molar-refractivity contribution in [3.63, 3.8) is 0 Å². The summed E-state index contributed by atoms with van der Waals surface area (Å²) in [6.45, 7) is 1.76. The molecule has 6 heteroatoms. The Morgan fingerprint density at radius 3 is 2.76 bits per heavy atom. The Hall–Kier alpha value is -3.02. The Bertz CT molecular complexity index is 839. The average molecular weight is 282 g/mol. The zero-order valence-corrected chi connectivity index (χ0v) is 11.3. The first kappa shape index (κ1) is 13.0. The van der Waals surface area contributed by atoms with Crippen molar-refractivity contribution < 1.29 is 9.90 Å². The second-order valence-electron chi connectivity index (χ2n) is 4.75. The molecular weight excluding hydrogens is 268 g/mol. The number of phenols is 1. The van der Waals surface area contributed by atoms with E-state index in [1.165, 1.54) is 0 Å². The number of hydrogen-bond acceptors (Lipinski definition) is 4. The number of fused-ring (bicyclic) bond motifs is 1. The van der Waals surface area contributed by atoms with Crippen LogP contribution in [-0.2, 0) is 0 Å². The highest BCUT2D eigenvalue weighted by atomic mass is 16.3. The van der Waals surface area contributed by atoms with E-state index in [-0.39, 0.29) is 17.1 Å². The van der Waals surface area contributed by atoms with Crippen LogP contribution in [-0.4, -0.2) is 21.2 Å². The lowest BCUT2D eigenvalue weighted by molar-refractivity contribution is 0.102. The lowest BCUT2D eigenvalue weighted by Crippen LogP contribution is -2.13. The zero-order chi connectivity index (χ0) is 15.0. The largest absolute Gasteiger partial charge is 0.506 e. The van der Waals surface area contributed by atoms with E-state index in [1.807, 2.05) is 12.1 Å². The van der Waals surface area contributed by atoms with Crippen molar-refractivity contribution in [2.24, 2.45) is 0 Å². The number of rotatable bonds is 2. The molecule has 0 bridgehead atoms. The summed E-state index contributed by atoms with van der Waals surface area (Å²) >= 11 is 0. The predicted octanol–water partition coefficient (Wildman–Crippen LogP) is 2.41. The molecule has 3 rings (SSSR count). The van der Waals surface area contributed by atoms with Crippen LogP contribution in [0.5, 0.6) is 5.75 Å². The van der Waals surface area contributed by atoms with Crippen molar-refractivity contribution in [3.8, 4) is 5.75 Å². The Morgan fingerprint density at radius 1 is 1.29 bits per heavy atom. The highest BCUT2D eigenvalue weighted by molar-refractivity contribution is 6.10. The van der Waals surface area contributed by atoms with Crippen molar-refractivity contribution in [2.45, 2.75) is 6.92 Å². The summed E-state index contributed by atoms with van der Waals surface area (Å²) in [4.78, 5) is 12.3. The maximum Gasteiger partial charge on any atom is 0.260 e. The molecule has 2 aromatic carbocycles. The van der Waals surface area contributed by atoms with E-state index in [0.717, 1.165) is 5.39 Å². The predicted molar refractivity (Wildman–Crippen MR) is 81.3 cm³/mol. The number of carbonyl (C=O) groups excluding carboxylic acids is 1. The molecular formula is C15H14N4O2. The molecule has 0 saturated carbocycles. The summed E-state index contributed by atoms with van der Waals surface area (Å²) in [5, 5.41) is 20.9. The van der Waals surface area contributed by atoms with Crippen LogP contribution in [0.2, 0.25) is 0 Å². The van der Waals surface area contributed by atoms with Crippen LogP contribution in [0.15, 0.2) is 36.4 Å². The van der Waals surface area contributed by atoms with Gasteiger partial charge in [0, 0.05) is 5.39 Å². The number of amides is 1. The lowest BCUT2D eigenvalue weighted by atomic mass is 10.0. The lowest BCUT2D eigenvalue weighted by Gasteiger charge is -2.08. The Kier molecular flexibility index (Phi) is 2.98. The number of nitrogens with two attached hydrogens (primary N) is 1. The van der Waals surface area contributed by atoms with Gasteiger partial charge in [-0.3, -0.25) is 9.89 Å². The highest BCUT2D eigenvalue weighted by Gasteiger charge is 2.16. The number of aryl methyl sites for hydroxylation is 1. The third kappa shape index (κ3) is 2.16. The molecule has 0 aliphatic carbocycles. The Balaban J connectivity index is 1.98. The molecule has 0 unspecified atom stereocenters. The van der Waals surface area contributed by atoms with E-state index >= 15 is 0 Å². The smallest absolute Gasteiger partial charge is 0.260 e. The number of benzene rings is 2. The molecule has 0 aliphatic heterocycles. The third-order valence-electron chi connectivity index (χ3n) is 3.37. The molecule has 3 aromatic rings. The fourth-order valence-electron chi connectivity index (χ4n) is 2.15. The molecule has 0 aliphatic rings. The monoisotopic (exact) mass is 282 g/mol. The highest BCUT2D eigenvalue weighted by Crippen LogP contribution is 2.29. The van der Waals surface area contributed by atoms with Crippen LogP contribution >= 0.6 is 0 Å². The number of aromatic hydroxyl groups is 1. The zero-order valence-electron chi connectivity index (χ0n) is 11.3. The number of nitrogens with one attached hydrogen (secondary N) is 2. The van der Waals surface area contributed by atoms with Gasteiger partial charge < -0.3 is 16.2 Å². The molecule has 0 spiro atoms. The number of aromatic nitrogens is 2.